The van der Waals surface area contributed by atoms with Gasteiger partial charge in [-0.2, -0.15) is 0 Å². The fraction of sp³-hybridized carbons (Fsp3) is 0.556. The molecular weight excluding hydrogens is 265 g/mol. The van der Waals surface area contributed by atoms with Crippen LogP contribution in [0.2, 0.25) is 0 Å². The second-order valence-electron chi connectivity index (χ2n) is 6.16. The summed E-state index contributed by atoms with van der Waals surface area (Å²) in [5.41, 5.74) is 0.388. The molecular formula is C18H24FNO. The summed E-state index contributed by atoms with van der Waals surface area (Å²) in [6, 6.07) is 7.30. The van der Waals surface area contributed by atoms with Gasteiger partial charge >= 0.3 is 0 Å². The first kappa shape index (κ1) is 14.6. The summed E-state index contributed by atoms with van der Waals surface area (Å²) in [5, 5.41) is 4.37. The quantitative estimate of drug-likeness (QED) is 0.819. The van der Waals surface area contributed by atoms with Gasteiger partial charge in [-0.15, -0.1) is 0 Å². The maximum atomic E-state index is 13.8. The first-order chi connectivity index (χ1) is 10.3. The molecule has 3 heteroatoms. The molecule has 0 spiro atoms. The molecule has 114 valence electrons. The van der Waals surface area contributed by atoms with Gasteiger partial charge in [0.2, 0.25) is 0 Å². The first-order valence-corrected chi connectivity index (χ1v) is 8.19. The highest BCUT2D eigenvalue weighted by molar-refractivity contribution is 5.78. The lowest BCUT2D eigenvalue weighted by atomic mass is 9.84. The van der Waals surface area contributed by atoms with Crippen LogP contribution in [-0.4, -0.2) is 6.54 Å². The molecule has 2 nitrogen and oxygen atoms in total. The lowest BCUT2D eigenvalue weighted by molar-refractivity contribution is 0.284. The van der Waals surface area contributed by atoms with Crippen molar-refractivity contribution in [1.29, 1.82) is 0 Å². The molecule has 3 rings (SSSR count). The highest BCUT2D eigenvalue weighted by atomic mass is 19.1. The molecule has 1 N–H and O–H groups in total. The van der Waals surface area contributed by atoms with Crippen molar-refractivity contribution in [2.75, 3.05) is 6.54 Å². The number of rotatable bonds is 5. The van der Waals surface area contributed by atoms with E-state index in [0.29, 0.717) is 5.58 Å². The van der Waals surface area contributed by atoms with Gasteiger partial charge in [0.25, 0.3) is 0 Å². The minimum Gasteiger partial charge on any atom is -0.456 e. The van der Waals surface area contributed by atoms with E-state index in [0.717, 1.165) is 30.0 Å². The van der Waals surface area contributed by atoms with Crippen molar-refractivity contribution in [3.63, 3.8) is 0 Å². The highest BCUT2D eigenvalue weighted by Gasteiger charge is 2.22. The van der Waals surface area contributed by atoms with Gasteiger partial charge in [-0.25, -0.2) is 4.39 Å². The molecule has 0 bridgehead atoms. The van der Waals surface area contributed by atoms with Crippen molar-refractivity contribution in [3.05, 3.63) is 35.8 Å². The third kappa shape index (κ3) is 3.29. The summed E-state index contributed by atoms with van der Waals surface area (Å²) in [6.45, 7) is 3.01. The maximum absolute atomic E-state index is 13.8. The molecule has 1 aromatic heterocycles. The molecule has 1 unspecified atom stereocenters. The van der Waals surface area contributed by atoms with Crippen molar-refractivity contribution < 1.29 is 8.81 Å². The van der Waals surface area contributed by atoms with E-state index in [2.05, 4.69) is 12.2 Å². The van der Waals surface area contributed by atoms with Gasteiger partial charge < -0.3 is 9.73 Å². The van der Waals surface area contributed by atoms with Crippen LogP contribution in [0.4, 0.5) is 4.39 Å². The molecule has 1 aliphatic rings. The van der Waals surface area contributed by atoms with E-state index in [1.165, 1.54) is 38.2 Å². The van der Waals surface area contributed by atoms with Crippen LogP contribution in [0.15, 0.2) is 28.7 Å². The molecule has 21 heavy (non-hydrogen) atoms. The van der Waals surface area contributed by atoms with Gasteiger partial charge in [0.15, 0.2) is 11.4 Å². The number of para-hydroxylation sites is 1. The van der Waals surface area contributed by atoms with Gasteiger partial charge in [0.1, 0.15) is 5.76 Å². The van der Waals surface area contributed by atoms with E-state index in [4.69, 9.17) is 4.42 Å². The van der Waals surface area contributed by atoms with Gasteiger partial charge in [0.05, 0.1) is 6.04 Å². The summed E-state index contributed by atoms with van der Waals surface area (Å²) < 4.78 is 19.6. The molecule has 1 heterocycles. The molecule has 1 fully saturated rings. The molecule has 0 saturated heterocycles. The van der Waals surface area contributed by atoms with Crippen LogP contribution in [0.1, 0.15) is 57.3 Å². The molecule has 0 radical (unpaired) electrons. The maximum Gasteiger partial charge on any atom is 0.169 e. The standard InChI is InChI=1S/C18H24FNO/c1-2-20-16(11-13-7-4-3-5-8-13)17-12-14-9-6-10-15(19)18(14)21-17/h6,9-10,12-13,16,20H,2-5,7-8,11H2,1H3. The van der Waals surface area contributed by atoms with Crippen LogP contribution < -0.4 is 5.32 Å². The molecule has 1 aliphatic carbocycles. The second kappa shape index (κ2) is 6.61. The highest BCUT2D eigenvalue weighted by Crippen LogP contribution is 2.34. The molecule has 0 aliphatic heterocycles. The Morgan fingerprint density at radius 2 is 2.10 bits per heavy atom. The Balaban J connectivity index is 1.82. The minimum atomic E-state index is -0.272. The largest absolute Gasteiger partial charge is 0.456 e. The molecule has 0 amide bonds. The van der Waals surface area contributed by atoms with Crippen LogP contribution in [0, 0.1) is 11.7 Å². The number of benzene rings is 1. The first-order valence-electron chi connectivity index (χ1n) is 8.19. The number of halogens is 1. The van der Waals surface area contributed by atoms with Crippen LogP contribution >= 0.6 is 0 Å². The summed E-state index contributed by atoms with van der Waals surface area (Å²) in [4.78, 5) is 0. The summed E-state index contributed by atoms with van der Waals surface area (Å²) in [7, 11) is 0. The van der Waals surface area contributed by atoms with Crippen molar-refractivity contribution in [1.82, 2.24) is 5.32 Å². The summed E-state index contributed by atoms with van der Waals surface area (Å²) >= 11 is 0. The number of fused-ring (bicyclic) bond motifs is 1. The van der Waals surface area contributed by atoms with E-state index in [-0.39, 0.29) is 11.9 Å². The van der Waals surface area contributed by atoms with Gasteiger partial charge in [-0.3, -0.25) is 0 Å². The summed E-state index contributed by atoms with van der Waals surface area (Å²) in [6.07, 6.45) is 7.79. The lowest BCUT2D eigenvalue weighted by Crippen LogP contribution is -2.24. The van der Waals surface area contributed by atoms with Crippen molar-refractivity contribution in [2.24, 2.45) is 5.92 Å². The van der Waals surface area contributed by atoms with E-state index >= 15 is 0 Å². The monoisotopic (exact) mass is 289 g/mol. The van der Waals surface area contributed by atoms with E-state index in [1.807, 2.05) is 12.1 Å². The third-order valence-electron chi connectivity index (χ3n) is 4.60. The molecule has 1 atom stereocenters. The third-order valence-corrected chi connectivity index (χ3v) is 4.60. The van der Waals surface area contributed by atoms with E-state index in [9.17, 15) is 4.39 Å². The normalized spacial score (nSPS) is 18.2. The predicted molar refractivity (Wildman–Crippen MR) is 83.8 cm³/mol. The van der Waals surface area contributed by atoms with Gasteiger partial charge in [0, 0.05) is 5.39 Å². The van der Waals surface area contributed by atoms with Crippen LogP contribution in [0.3, 0.4) is 0 Å². The van der Waals surface area contributed by atoms with E-state index in [1.54, 1.807) is 6.07 Å². The topological polar surface area (TPSA) is 25.2 Å². The Hall–Kier alpha value is -1.35. The summed E-state index contributed by atoms with van der Waals surface area (Å²) in [5.74, 6) is 1.37. The Kier molecular flexibility index (Phi) is 4.59. The second-order valence-corrected chi connectivity index (χ2v) is 6.16. The Bertz CT molecular complexity index is 586. The van der Waals surface area contributed by atoms with Gasteiger partial charge in [-0.1, -0.05) is 51.2 Å². The fourth-order valence-corrected chi connectivity index (χ4v) is 3.52. The number of furan rings is 1. The average Bonchev–Trinajstić information content (AvgIpc) is 2.93. The van der Waals surface area contributed by atoms with Crippen molar-refractivity contribution in [3.8, 4) is 0 Å². The average molecular weight is 289 g/mol. The Morgan fingerprint density at radius 1 is 1.29 bits per heavy atom. The molecule has 1 saturated carbocycles. The van der Waals surface area contributed by atoms with Crippen LogP contribution in [0.25, 0.3) is 11.0 Å². The lowest BCUT2D eigenvalue weighted by Gasteiger charge is -2.26. The van der Waals surface area contributed by atoms with E-state index < -0.39 is 0 Å². The SMILES string of the molecule is CCNC(CC1CCCCC1)c1cc2cccc(F)c2o1. The number of nitrogens with one attached hydrogen (secondary N) is 1. The molecule has 2 aromatic rings. The number of hydrogen-bond donors (Lipinski definition) is 1. The fourth-order valence-electron chi connectivity index (χ4n) is 3.52. The Morgan fingerprint density at radius 3 is 2.81 bits per heavy atom. The minimum absolute atomic E-state index is 0.199. The van der Waals surface area contributed by atoms with Crippen LogP contribution in [-0.2, 0) is 0 Å². The molecule has 1 aromatic carbocycles. The van der Waals surface area contributed by atoms with Crippen molar-refractivity contribution in [2.45, 2.75) is 51.5 Å². The van der Waals surface area contributed by atoms with Gasteiger partial charge in [-0.05, 0) is 31.0 Å². The predicted octanol–water partition coefficient (Wildman–Crippen LogP) is 5.19. The number of hydrogen-bond acceptors (Lipinski definition) is 2. The zero-order valence-corrected chi connectivity index (χ0v) is 12.7. The zero-order chi connectivity index (χ0) is 14.7. The zero-order valence-electron chi connectivity index (χ0n) is 12.7. The smallest absolute Gasteiger partial charge is 0.169 e. The van der Waals surface area contributed by atoms with Crippen LogP contribution in [0.5, 0.6) is 0 Å². The Labute approximate surface area is 125 Å². The van der Waals surface area contributed by atoms with Crippen molar-refractivity contribution >= 4 is 11.0 Å².